The molecule has 3 N–H and O–H groups in total. The van der Waals surface area contributed by atoms with Crippen molar-refractivity contribution in [2.24, 2.45) is 17.8 Å². The molecule has 0 aliphatic heterocycles. The lowest BCUT2D eigenvalue weighted by molar-refractivity contribution is -0.161. The van der Waals surface area contributed by atoms with Crippen LogP contribution in [0.3, 0.4) is 0 Å². The molecule has 0 aromatic rings. The monoisotopic (exact) mass is 1470 g/mol. The normalized spacial score (nSPS) is 14.5. The van der Waals surface area contributed by atoms with E-state index in [4.69, 9.17) is 37.0 Å². The van der Waals surface area contributed by atoms with Gasteiger partial charge in [0.25, 0.3) is 0 Å². The van der Waals surface area contributed by atoms with Crippen LogP contribution in [0.4, 0.5) is 0 Å². The number of carbonyl (C=O) groups excluding carboxylic acids is 4. The Morgan fingerprint density at radius 3 is 0.760 bits per heavy atom. The zero-order chi connectivity index (χ0) is 73.7. The Balaban J connectivity index is 5.18. The second-order valence-corrected chi connectivity index (χ2v) is 33.0. The average molecular weight is 1470 g/mol. The van der Waals surface area contributed by atoms with E-state index in [9.17, 15) is 43.2 Å². The number of hydrogen-bond acceptors (Lipinski definition) is 15. The second-order valence-electron chi connectivity index (χ2n) is 30.1. The summed E-state index contributed by atoms with van der Waals surface area (Å²) < 4.78 is 68.6. The fraction of sp³-hybridized carbons (Fsp3) is 0.951. The number of ether oxygens (including phenoxy) is 4. The molecule has 0 aromatic carbocycles. The number of hydrogen-bond donors (Lipinski definition) is 3. The number of rotatable bonds is 79. The molecule has 0 saturated carbocycles. The maximum atomic E-state index is 13.1. The van der Waals surface area contributed by atoms with Crippen molar-refractivity contribution in [3.8, 4) is 0 Å². The summed E-state index contributed by atoms with van der Waals surface area (Å²) in [6.45, 7) is 12.0. The molecule has 0 aromatic heterocycles. The highest BCUT2D eigenvalue weighted by Gasteiger charge is 2.30. The SMILES string of the molecule is CCCCCCCCCC(=O)OC[C@H](COP(=O)(O)OC[C@H](O)COP(=O)(O)OC[C@@H](COC(=O)CCCCCCCCCCCCCCCCC(C)CC)OC(=O)CCCCCCCCCCCCCCCCCCCCC(C)C)OC(=O)CCCCCCCCCCCCC(C)CC. The molecule has 0 fully saturated rings. The fourth-order valence-electron chi connectivity index (χ4n) is 12.4. The fourth-order valence-corrected chi connectivity index (χ4v) is 14.0. The number of phosphoric acid groups is 2. The Morgan fingerprint density at radius 2 is 0.510 bits per heavy atom. The summed E-state index contributed by atoms with van der Waals surface area (Å²) in [5, 5.41) is 10.6. The molecule has 0 amide bonds. The molecule has 19 heteroatoms. The third kappa shape index (κ3) is 71.7. The van der Waals surface area contributed by atoms with Crippen LogP contribution in [0.1, 0.15) is 421 Å². The molecule has 0 saturated heterocycles. The van der Waals surface area contributed by atoms with E-state index >= 15 is 0 Å². The van der Waals surface area contributed by atoms with E-state index < -0.39 is 97.5 Å². The predicted molar refractivity (Wildman–Crippen MR) is 409 cm³/mol. The van der Waals surface area contributed by atoms with E-state index in [1.54, 1.807) is 0 Å². The molecule has 0 rings (SSSR count). The van der Waals surface area contributed by atoms with Crippen molar-refractivity contribution in [1.29, 1.82) is 0 Å². The molecule has 7 atom stereocenters. The summed E-state index contributed by atoms with van der Waals surface area (Å²) in [5.74, 6) is 0.358. The van der Waals surface area contributed by atoms with Gasteiger partial charge < -0.3 is 33.8 Å². The first-order valence-electron chi connectivity index (χ1n) is 41.9. The molecule has 594 valence electrons. The lowest BCUT2D eigenvalue weighted by atomic mass is 9.99. The van der Waals surface area contributed by atoms with Crippen molar-refractivity contribution in [3.05, 3.63) is 0 Å². The molecule has 4 unspecified atom stereocenters. The van der Waals surface area contributed by atoms with Crippen molar-refractivity contribution in [2.75, 3.05) is 39.6 Å². The Kier molecular flexibility index (Phi) is 69.9. The molecule has 0 bridgehead atoms. The van der Waals surface area contributed by atoms with Crippen LogP contribution in [0.15, 0.2) is 0 Å². The van der Waals surface area contributed by atoms with Crippen LogP contribution < -0.4 is 0 Å². The first-order valence-corrected chi connectivity index (χ1v) is 44.9. The number of esters is 4. The van der Waals surface area contributed by atoms with E-state index in [1.807, 2.05) is 0 Å². The average Bonchev–Trinajstić information content (AvgIpc) is 1.00. The van der Waals surface area contributed by atoms with Crippen LogP contribution in [-0.2, 0) is 65.4 Å². The maximum absolute atomic E-state index is 13.1. The minimum absolute atomic E-state index is 0.106. The van der Waals surface area contributed by atoms with Crippen LogP contribution in [0, 0.1) is 17.8 Å². The van der Waals surface area contributed by atoms with Gasteiger partial charge >= 0.3 is 39.5 Å². The van der Waals surface area contributed by atoms with Gasteiger partial charge in [0.1, 0.15) is 19.3 Å². The van der Waals surface area contributed by atoms with Crippen molar-refractivity contribution >= 4 is 39.5 Å². The summed E-state index contributed by atoms with van der Waals surface area (Å²) in [6.07, 6.45) is 59.7. The van der Waals surface area contributed by atoms with Gasteiger partial charge in [-0.1, -0.05) is 370 Å². The van der Waals surface area contributed by atoms with Crippen molar-refractivity contribution in [1.82, 2.24) is 0 Å². The first-order chi connectivity index (χ1) is 48.3. The van der Waals surface area contributed by atoms with Gasteiger partial charge in [0.2, 0.25) is 0 Å². The first kappa shape index (κ1) is 98.1. The molecule has 17 nitrogen and oxygen atoms in total. The topological polar surface area (TPSA) is 237 Å². The lowest BCUT2D eigenvalue weighted by Crippen LogP contribution is -2.30. The zero-order valence-electron chi connectivity index (χ0n) is 65.7. The molecule has 0 aliphatic rings. The highest BCUT2D eigenvalue weighted by atomic mass is 31.2. The molecule has 100 heavy (non-hydrogen) atoms. The zero-order valence-corrected chi connectivity index (χ0v) is 67.5. The minimum atomic E-state index is -4.96. The van der Waals surface area contributed by atoms with Gasteiger partial charge in [-0.2, -0.15) is 0 Å². The standard InChI is InChI=1S/C81H158O17P2/c1-8-11-12-13-38-48-55-62-78(83)91-68-76(97-81(86)65-58-51-44-37-31-30-34-41-47-54-61-74(7)10-3)70-95-99(87,88)93-66-75(82)67-94-100(89,90)96-71-77(69-92-79(84)63-56-49-42-35-28-24-21-20-23-27-33-40-46-53-60-73(6)9-2)98-80(85)64-57-50-43-36-29-25-19-17-15-14-16-18-22-26-32-39-45-52-59-72(4)5/h72-77,82H,8-71H2,1-7H3,(H,87,88)(H,89,90)/t73?,74?,75-,76+,77+/m0/s1. The Labute approximate surface area is 613 Å². The summed E-state index contributed by atoms with van der Waals surface area (Å²) >= 11 is 0. The number of aliphatic hydroxyl groups is 1. The van der Waals surface area contributed by atoms with Crippen molar-refractivity contribution in [2.45, 2.75) is 439 Å². The summed E-state index contributed by atoms with van der Waals surface area (Å²) in [5.41, 5.74) is 0. The van der Waals surface area contributed by atoms with Gasteiger partial charge in [0.15, 0.2) is 12.2 Å². The van der Waals surface area contributed by atoms with Gasteiger partial charge in [0.05, 0.1) is 26.4 Å². The van der Waals surface area contributed by atoms with Crippen molar-refractivity contribution in [3.63, 3.8) is 0 Å². The quantitative estimate of drug-likeness (QED) is 0.0222. The number of aliphatic hydroxyl groups excluding tert-OH is 1. The van der Waals surface area contributed by atoms with Crippen LogP contribution in [0.5, 0.6) is 0 Å². The summed E-state index contributed by atoms with van der Waals surface area (Å²) in [4.78, 5) is 72.9. The minimum Gasteiger partial charge on any atom is -0.462 e. The highest BCUT2D eigenvalue weighted by molar-refractivity contribution is 7.47. The smallest absolute Gasteiger partial charge is 0.462 e. The van der Waals surface area contributed by atoms with Crippen LogP contribution in [0.2, 0.25) is 0 Å². The summed E-state index contributed by atoms with van der Waals surface area (Å²) in [6, 6.07) is 0. The second kappa shape index (κ2) is 71.3. The number of carbonyl (C=O) groups is 4. The molecule has 0 heterocycles. The Morgan fingerprint density at radius 1 is 0.290 bits per heavy atom. The van der Waals surface area contributed by atoms with E-state index in [0.717, 1.165) is 120 Å². The predicted octanol–water partition coefficient (Wildman–Crippen LogP) is 24.1. The molecular formula is C81H158O17P2. The van der Waals surface area contributed by atoms with Crippen LogP contribution in [0.25, 0.3) is 0 Å². The van der Waals surface area contributed by atoms with E-state index in [0.29, 0.717) is 25.7 Å². The van der Waals surface area contributed by atoms with Crippen LogP contribution in [-0.4, -0.2) is 96.7 Å². The Hall–Kier alpha value is -1.94. The third-order valence-electron chi connectivity index (χ3n) is 19.6. The largest absolute Gasteiger partial charge is 0.472 e. The van der Waals surface area contributed by atoms with Gasteiger partial charge in [-0.25, -0.2) is 9.13 Å². The van der Waals surface area contributed by atoms with Crippen molar-refractivity contribution < 1.29 is 80.2 Å². The van der Waals surface area contributed by atoms with E-state index in [2.05, 4.69) is 48.5 Å². The molecule has 0 spiro atoms. The van der Waals surface area contributed by atoms with Gasteiger partial charge in [-0.05, 0) is 43.4 Å². The number of phosphoric ester groups is 2. The highest BCUT2D eigenvalue weighted by Crippen LogP contribution is 2.45. The maximum Gasteiger partial charge on any atom is 0.472 e. The van der Waals surface area contributed by atoms with E-state index in [1.165, 1.54) is 218 Å². The molecule has 0 aliphatic carbocycles. The molecule has 0 radical (unpaired) electrons. The van der Waals surface area contributed by atoms with E-state index in [-0.39, 0.29) is 25.7 Å². The third-order valence-corrected chi connectivity index (χ3v) is 21.5. The van der Waals surface area contributed by atoms with Gasteiger partial charge in [0, 0.05) is 25.7 Å². The number of unbranched alkanes of at least 4 members (excludes halogenated alkanes) is 45. The lowest BCUT2D eigenvalue weighted by Gasteiger charge is -2.21. The Bertz CT molecular complexity index is 1940. The summed E-state index contributed by atoms with van der Waals surface area (Å²) in [7, 11) is -9.91. The molecular weight excluding hydrogens is 1310 g/mol. The van der Waals surface area contributed by atoms with Gasteiger partial charge in [-0.15, -0.1) is 0 Å². The van der Waals surface area contributed by atoms with Gasteiger partial charge in [-0.3, -0.25) is 37.3 Å². The van der Waals surface area contributed by atoms with Crippen LogP contribution >= 0.6 is 15.6 Å².